The highest BCUT2D eigenvalue weighted by Crippen LogP contribution is 2.47. The van der Waals surface area contributed by atoms with Gasteiger partial charge in [-0.15, -0.1) is 0 Å². The molecule has 1 saturated carbocycles. The van der Waals surface area contributed by atoms with Gasteiger partial charge in [-0.05, 0) is 89.9 Å². The van der Waals surface area contributed by atoms with Crippen molar-refractivity contribution in [2.24, 2.45) is 0 Å². The Morgan fingerprint density at radius 2 is 1.00 bits per heavy atom. The quantitative estimate of drug-likeness (QED) is 0.0101. The number of esters is 2. The van der Waals surface area contributed by atoms with Crippen molar-refractivity contribution in [2.75, 3.05) is 13.2 Å². The maximum Gasteiger partial charge on any atom is 0.472 e. The van der Waals surface area contributed by atoms with Gasteiger partial charge in [0.25, 0.3) is 0 Å². The molecule has 0 aliphatic heterocycles. The van der Waals surface area contributed by atoms with E-state index in [-0.39, 0.29) is 19.3 Å². The molecule has 0 heterocycles. The number of carbonyl (C=O) groups is 2. The molecule has 0 spiro atoms. The molecule has 0 bridgehead atoms. The molecule has 0 amide bonds. The van der Waals surface area contributed by atoms with Crippen molar-refractivity contribution in [3.05, 3.63) is 134 Å². The van der Waals surface area contributed by atoms with Crippen LogP contribution in [-0.4, -0.2) is 110 Å². The largest absolute Gasteiger partial charge is 0.472 e. The second-order valence-corrected chi connectivity index (χ2v) is 17.5. The van der Waals surface area contributed by atoms with Crippen molar-refractivity contribution in [1.82, 2.24) is 0 Å². The van der Waals surface area contributed by atoms with Crippen LogP contribution in [0.4, 0.5) is 0 Å². The van der Waals surface area contributed by atoms with Crippen molar-refractivity contribution < 1.29 is 68.2 Å². The molecule has 68 heavy (non-hydrogen) atoms. The number of carbonyl (C=O) groups excluding carboxylic acids is 2. The molecule has 9 atom stereocenters. The number of unbranched alkanes of at least 4 members (excludes halogenated alkanes) is 3. The first kappa shape index (κ1) is 62.0. The number of rotatable bonds is 37. The molecular formula is C53H81O14P. The summed E-state index contributed by atoms with van der Waals surface area (Å²) in [5.74, 6) is -1.34. The van der Waals surface area contributed by atoms with Gasteiger partial charge >= 0.3 is 19.8 Å². The van der Waals surface area contributed by atoms with E-state index in [1.807, 2.05) is 12.2 Å². The summed E-state index contributed by atoms with van der Waals surface area (Å²) in [5.41, 5.74) is 0. The van der Waals surface area contributed by atoms with Crippen LogP contribution < -0.4 is 0 Å². The molecule has 1 fully saturated rings. The Kier molecular flexibility index (Phi) is 37.2. The molecule has 0 saturated heterocycles. The summed E-state index contributed by atoms with van der Waals surface area (Å²) < 4.78 is 33.4. The first-order valence-corrected chi connectivity index (χ1v) is 25.6. The minimum Gasteiger partial charge on any atom is -0.462 e. The Morgan fingerprint density at radius 1 is 0.529 bits per heavy atom. The molecule has 0 aromatic rings. The van der Waals surface area contributed by atoms with Gasteiger partial charge in [-0.3, -0.25) is 18.6 Å². The predicted octanol–water partition coefficient (Wildman–Crippen LogP) is 8.91. The number of allylic oxidation sites excluding steroid dienone is 20. The van der Waals surface area contributed by atoms with E-state index >= 15 is 0 Å². The van der Waals surface area contributed by atoms with Crippen molar-refractivity contribution in [3.63, 3.8) is 0 Å². The lowest BCUT2D eigenvalue weighted by Crippen LogP contribution is -2.64. The predicted molar refractivity (Wildman–Crippen MR) is 268 cm³/mol. The highest BCUT2D eigenvalue weighted by atomic mass is 31.2. The number of ether oxygens (including phenoxy) is 2. The van der Waals surface area contributed by atoms with Crippen LogP contribution in [0.15, 0.2) is 134 Å². The van der Waals surface area contributed by atoms with Crippen LogP contribution >= 0.6 is 7.82 Å². The zero-order chi connectivity index (χ0) is 50.1. The van der Waals surface area contributed by atoms with Crippen LogP contribution in [0, 0.1) is 0 Å². The lowest BCUT2D eigenvalue weighted by Gasteiger charge is -2.41. The van der Waals surface area contributed by atoms with E-state index in [0.29, 0.717) is 12.8 Å². The molecule has 15 heteroatoms. The maximum atomic E-state index is 12.8. The minimum absolute atomic E-state index is 0.0111. The number of phosphoric ester groups is 1. The van der Waals surface area contributed by atoms with Crippen LogP contribution in [0.25, 0.3) is 0 Å². The zero-order valence-electron chi connectivity index (χ0n) is 40.2. The summed E-state index contributed by atoms with van der Waals surface area (Å²) in [6.07, 6.45) is 42.3. The average Bonchev–Trinajstić information content (AvgIpc) is 3.32. The number of phosphoric acid groups is 1. The van der Waals surface area contributed by atoms with Gasteiger partial charge in [-0.2, -0.15) is 0 Å². The third-order valence-corrected chi connectivity index (χ3v) is 11.1. The fourth-order valence-electron chi connectivity index (χ4n) is 6.25. The fourth-order valence-corrected chi connectivity index (χ4v) is 7.22. The molecule has 0 aromatic heterocycles. The lowest BCUT2D eigenvalue weighted by atomic mass is 9.85. The summed E-state index contributed by atoms with van der Waals surface area (Å²) in [7, 11) is -5.18. The second kappa shape index (κ2) is 40.8. The van der Waals surface area contributed by atoms with E-state index in [4.69, 9.17) is 18.5 Å². The first-order chi connectivity index (χ1) is 32.8. The van der Waals surface area contributed by atoms with Gasteiger partial charge < -0.3 is 45.0 Å². The van der Waals surface area contributed by atoms with E-state index < -0.39 is 81.8 Å². The van der Waals surface area contributed by atoms with Crippen molar-refractivity contribution in [1.29, 1.82) is 0 Å². The van der Waals surface area contributed by atoms with Crippen LogP contribution in [0.5, 0.6) is 0 Å². The Bertz CT molecular complexity index is 1710. The molecule has 4 unspecified atom stereocenters. The zero-order valence-corrected chi connectivity index (χ0v) is 41.1. The number of hydrogen-bond donors (Lipinski definition) is 7. The smallest absolute Gasteiger partial charge is 0.462 e. The van der Waals surface area contributed by atoms with E-state index in [1.165, 1.54) is 0 Å². The molecule has 0 radical (unpaired) electrons. The third kappa shape index (κ3) is 32.7. The maximum absolute atomic E-state index is 12.8. The van der Waals surface area contributed by atoms with E-state index in [9.17, 15) is 49.7 Å². The van der Waals surface area contributed by atoms with Crippen molar-refractivity contribution in [2.45, 2.75) is 172 Å². The van der Waals surface area contributed by atoms with E-state index in [0.717, 1.165) is 77.0 Å². The third-order valence-electron chi connectivity index (χ3n) is 10.1. The average molecular weight is 973 g/mol. The van der Waals surface area contributed by atoms with Crippen LogP contribution in [0.3, 0.4) is 0 Å². The molecule has 7 N–H and O–H groups in total. The molecule has 1 rings (SSSR count). The van der Waals surface area contributed by atoms with Gasteiger partial charge in [0.1, 0.15) is 43.2 Å². The first-order valence-electron chi connectivity index (χ1n) is 24.1. The summed E-state index contributed by atoms with van der Waals surface area (Å²) in [6, 6.07) is 0. The standard InChI is InChI=1S/C53H81O14P/c1-3-5-7-9-11-13-15-17-18-19-20-21-22-24-26-28-30-32-36-41-47(56)66-45(43-65-68(62,63)67-53-51(60)49(58)48(57)50(59)52(53)61)42-64-46(55)40-37-33-35-39-44(54)38-34-31-29-27-25-23-16-14-12-10-8-6-4-2/h5-8,11-14,17-18,20-21,23-26,29,31,33-35,38,44-45,48-54,57-61H,3-4,9-10,15-16,19,22,27-28,30,32,36-37,39-43H2,1-2H3,(H,62,63)/b7-5-,8-6-,13-11-,14-12-,18-17-,21-20-,25-23-,26-24-,31-29-,35-33-,38-34-/t44?,45-,48?,49-,50+,51-,52-,53?/m1/s1. The summed E-state index contributed by atoms with van der Waals surface area (Å²) >= 11 is 0. The summed E-state index contributed by atoms with van der Waals surface area (Å²) in [5, 5.41) is 60.5. The normalized spacial score (nSPS) is 22.7. The van der Waals surface area contributed by atoms with E-state index in [2.05, 4.69) is 111 Å². The van der Waals surface area contributed by atoms with Crippen molar-refractivity contribution in [3.8, 4) is 0 Å². The highest BCUT2D eigenvalue weighted by Gasteiger charge is 2.51. The molecule has 0 aromatic carbocycles. The summed E-state index contributed by atoms with van der Waals surface area (Å²) in [4.78, 5) is 35.8. The second-order valence-electron chi connectivity index (χ2n) is 16.0. The molecular weight excluding hydrogens is 892 g/mol. The van der Waals surface area contributed by atoms with Crippen LogP contribution in [0.1, 0.15) is 123 Å². The van der Waals surface area contributed by atoms with Gasteiger partial charge in [0, 0.05) is 12.8 Å². The SMILES string of the molecule is CC/C=C\C/C=C\C/C=C\C/C=C\C=C/C(O)C/C=C\CCC(=O)OC[C@H](COP(=O)(O)OC1[C@H](O)[C@H](O)C(O)[C@H](O)[C@H]1O)OC(=O)CCCCC/C=C\C/C=C\C/C=C\C/C=C\C/C=C\CC. The molecule has 382 valence electrons. The molecule has 1 aliphatic rings. The van der Waals surface area contributed by atoms with Gasteiger partial charge in [0.2, 0.25) is 0 Å². The minimum atomic E-state index is -5.18. The van der Waals surface area contributed by atoms with Crippen molar-refractivity contribution >= 4 is 19.8 Å². The topological polar surface area (TPSA) is 230 Å². The Balaban J connectivity index is 2.57. The number of hydrogen-bond acceptors (Lipinski definition) is 13. The van der Waals surface area contributed by atoms with Gasteiger partial charge in [0.05, 0.1) is 12.7 Å². The Hall–Kier alpha value is -4.05. The monoisotopic (exact) mass is 973 g/mol. The van der Waals surface area contributed by atoms with Gasteiger partial charge in [-0.1, -0.05) is 154 Å². The Labute approximate surface area is 405 Å². The van der Waals surface area contributed by atoms with Gasteiger partial charge in [0.15, 0.2) is 6.10 Å². The number of aliphatic hydroxyl groups is 6. The Morgan fingerprint density at radius 3 is 1.53 bits per heavy atom. The fraction of sp³-hybridized carbons (Fsp3) is 0.547. The van der Waals surface area contributed by atoms with Crippen LogP contribution in [-0.2, 0) is 32.7 Å². The number of aliphatic hydroxyl groups excluding tert-OH is 6. The summed E-state index contributed by atoms with van der Waals surface area (Å²) in [6.45, 7) is 2.88. The molecule has 14 nitrogen and oxygen atoms in total. The van der Waals surface area contributed by atoms with E-state index in [1.54, 1.807) is 24.3 Å². The van der Waals surface area contributed by atoms with Gasteiger partial charge in [-0.25, -0.2) is 4.57 Å². The molecule has 1 aliphatic carbocycles. The van der Waals surface area contributed by atoms with Crippen LogP contribution in [0.2, 0.25) is 0 Å². The lowest BCUT2D eigenvalue weighted by molar-refractivity contribution is -0.220. The highest BCUT2D eigenvalue weighted by molar-refractivity contribution is 7.47.